The second-order valence-electron chi connectivity index (χ2n) is 3.10. The summed E-state index contributed by atoms with van der Waals surface area (Å²) in [7, 11) is -5.83. The van der Waals surface area contributed by atoms with Crippen LogP contribution in [-0.2, 0) is 16.5 Å². The van der Waals surface area contributed by atoms with Crippen LogP contribution in [0.15, 0.2) is 18.2 Å². The highest BCUT2D eigenvalue weighted by Crippen LogP contribution is 2.28. The molecule has 0 aliphatic heterocycles. The molecule has 17 heavy (non-hydrogen) atoms. The fraction of sp³-hybridized carbons (Fsp3) is 0.333. The molecule has 0 saturated carbocycles. The van der Waals surface area contributed by atoms with Crippen LogP contribution in [-0.4, -0.2) is 13.9 Å². The lowest BCUT2D eigenvalue weighted by Gasteiger charge is -2.10. The van der Waals surface area contributed by atoms with Gasteiger partial charge in [-0.25, -0.2) is 4.39 Å². The zero-order valence-electron chi connectivity index (χ0n) is 8.58. The summed E-state index contributed by atoms with van der Waals surface area (Å²) in [4.78, 5) is 0. The molecule has 1 aromatic rings. The van der Waals surface area contributed by atoms with Gasteiger partial charge in [0.2, 0.25) is 0 Å². The van der Waals surface area contributed by atoms with Crippen LogP contribution in [0.25, 0.3) is 0 Å². The lowest BCUT2D eigenvalue weighted by molar-refractivity contribution is -0.0500. The second kappa shape index (κ2) is 4.52. The molecule has 0 aromatic heterocycles. The Kier molecular flexibility index (Phi) is 3.65. The molecule has 0 aliphatic rings. The molecule has 0 amide bonds. The largest absolute Gasteiger partial charge is 0.534 e. The Morgan fingerprint density at radius 3 is 2.29 bits per heavy atom. The molecule has 0 N–H and O–H groups in total. The first-order chi connectivity index (χ1) is 7.67. The smallest absolute Gasteiger partial charge is 0.373 e. The minimum absolute atomic E-state index is 0.462. The molecule has 0 fully saturated rings. The third-order valence-corrected chi connectivity index (χ3v) is 2.85. The first-order valence-corrected chi connectivity index (χ1v) is 5.87. The highest BCUT2D eigenvalue weighted by Gasteiger charge is 2.48. The Morgan fingerprint density at radius 1 is 1.29 bits per heavy atom. The molecular formula is C9H8F4O3S. The molecular weight excluding hydrogens is 264 g/mol. The van der Waals surface area contributed by atoms with Crippen molar-refractivity contribution in [3.63, 3.8) is 0 Å². The van der Waals surface area contributed by atoms with Crippen molar-refractivity contribution in [2.24, 2.45) is 0 Å². The van der Waals surface area contributed by atoms with Crippen molar-refractivity contribution in [2.45, 2.75) is 18.9 Å². The Morgan fingerprint density at radius 2 is 1.88 bits per heavy atom. The van der Waals surface area contributed by atoms with E-state index < -0.39 is 27.2 Å². The standard InChI is InChI=1S/C9H8F4O3S/c1-2-6-3-4-8(7(10)5-6)16-17(14,15)9(11,12)13/h3-5H,2H2,1H3. The Balaban J connectivity index is 3.05. The predicted molar refractivity (Wildman–Crippen MR) is 51.4 cm³/mol. The molecule has 0 atom stereocenters. The molecule has 8 heteroatoms. The van der Waals surface area contributed by atoms with Crippen LogP contribution >= 0.6 is 0 Å². The van der Waals surface area contributed by atoms with Gasteiger partial charge in [-0.2, -0.15) is 21.6 Å². The molecule has 0 bridgehead atoms. The van der Waals surface area contributed by atoms with Gasteiger partial charge >= 0.3 is 15.6 Å². The van der Waals surface area contributed by atoms with Gasteiger partial charge in [0, 0.05) is 0 Å². The van der Waals surface area contributed by atoms with E-state index in [4.69, 9.17) is 0 Å². The molecule has 0 unspecified atom stereocenters. The van der Waals surface area contributed by atoms with Gasteiger partial charge in [0.05, 0.1) is 0 Å². The number of hydrogen-bond donors (Lipinski definition) is 0. The number of alkyl halides is 3. The number of benzene rings is 1. The molecule has 0 saturated heterocycles. The van der Waals surface area contributed by atoms with Gasteiger partial charge < -0.3 is 4.18 Å². The zero-order chi connectivity index (χ0) is 13.3. The van der Waals surface area contributed by atoms with Crippen LogP contribution in [0.3, 0.4) is 0 Å². The highest BCUT2D eigenvalue weighted by molar-refractivity contribution is 7.87. The molecule has 0 radical (unpaired) electrons. The number of halogens is 4. The third kappa shape index (κ3) is 3.09. The van der Waals surface area contributed by atoms with Crippen molar-refractivity contribution in [3.05, 3.63) is 29.6 Å². The summed E-state index contributed by atoms with van der Waals surface area (Å²) in [5.74, 6) is -2.13. The van der Waals surface area contributed by atoms with Crippen LogP contribution in [0.5, 0.6) is 5.75 Å². The Bertz CT molecular complexity index is 507. The van der Waals surface area contributed by atoms with E-state index in [0.29, 0.717) is 12.0 Å². The Labute approximate surface area is 95.1 Å². The molecule has 1 rings (SSSR count). The summed E-state index contributed by atoms with van der Waals surface area (Å²) in [6.45, 7) is 1.71. The van der Waals surface area contributed by atoms with E-state index in [-0.39, 0.29) is 0 Å². The SMILES string of the molecule is CCc1ccc(OS(=O)(=O)C(F)(F)F)c(F)c1. The van der Waals surface area contributed by atoms with E-state index in [1.807, 2.05) is 0 Å². The first kappa shape index (κ1) is 13.8. The first-order valence-electron chi connectivity index (χ1n) is 4.46. The van der Waals surface area contributed by atoms with Gasteiger partial charge in [-0.15, -0.1) is 0 Å². The van der Waals surface area contributed by atoms with Crippen LogP contribution < -0.4 is 4.18 Å². The average Bonchev–Trinajstić information content (AvgIpc) is 2.19. The molecule has 1 aromatic carbocycles. The number of rotatable bonds is 3. The minimum Gasteiger partial charge on any atom is -0.373 e. The summed E-state index contributed by atoms with van der Waals surface area (Å²) in [6.07, 6.45) is 0.462. The maximum Gasteiger partial charge on any atom is 0.534 e. The summed E-state index contributed by atoms with van der Waals surface area (Å²) in [6, 6.07) is 3.04. The maximum atomic E-state index is 13.2. The van der Waals surface area contributed by atoms with Crippen molar-refractivity contribution in [1.29, 1.82) is 0 Å². The minimum atomic E-state index is -5.83. The molecule has 96 valence electrons. The van der Waals surface area contributed by atoms with Gasteiger partial charge in [-0.1, -0.05) is 13.0 Å². The monoisotopic (exact) mass is 272 g/mol. The topological polar surface area (TPSA) is 43.4 Å². The van der Waals surface area contributed by atoms with Crippen LogP contribution in [0.2, 0.25) is 0 Å². The van der Waals surface area contributed by atoms with Crippen LogP contribution in [0.4, 0.5) is 17.6 Å². The van der Waals surface area contributed by atoms with E-state index in [1.54, 1.807) is 6.92 Å². The van der Waals surface area contributed by atoms with E-state index in [1.165, 1.54) is 6.07 Å². The van der Waals surface area contributed by atoms with E-state index in [2.05, 4.69) is 4.18 Å². The van der Waals surface area contributed by atoms with Gasteiger partial charge in [0.25, 0.3) is 0 Å². The number of aryl methyl sites for hydroxylation is 1. The maximum absolute atomic E-state index is 13.2. The van der Waals surface area contributed by atoms with Crippen molar-refractivity contribution >= 4 is 10.1 Å². The summed E-state index contributed by atoms with van der Waals surface area (Å²) < 4.78 is 74.0. The van der Waals surface area contributed by atoms with E-state index in [0.717, 1.165) is 12.1 Å². The van der Waals surface area contributed by atoms with E-state index >= 15 is 0 Å². The number of hydrogen-bond acceptors (Lipinski definition) is 3. The van der Waals surface area contributed by atoms with E-state index in [9.17, 15) is 26.0 Å². The summed E-state index contributed by atoms with van der Waals surface area (Å²) in [5, 5.41) is 0. The molecule has 0 aliphatic carbocycles. The normalized spacial score (nSPS) is 12.5. The van der Waals surface area contributed by atoms with Crippen LogP contribution in [0, 0.1) is 5.82 Å². The van der Waals surface area contributed by atoms with Crippen molar-refractivity contribution in [1.82, 2.24) is 0 Å². The van der Waals surface area contributed by atoms with Gasteiger partial charge in [-0.05, 0) is 24.1 Å². The third-order valence-electron chi connectivity index (χ3n) is 1.89. The molecule has 0 spiro atoms. The summed E-state index contributed by atoms with van der Waals surface area (Å²) in [5.41, 5.74) is -5.07. The Hall–Kier alpha value is -1.31. The van der Waals surface area contributed by atoms with Crippen molar-refractivity contribution < 1.29 is 30.2 Å². The van der Waals surface area contributed by atoms with Crippen molar-refractivity contribution in [2.75, 3.05) is 0 Å². The zero-order valence-corrected chi connectivity index (χ0v) is 9.40. The lowest BCUT2D eigenvalue weighted by Crippen LogP contribution is -2.28. The van der Waals surface area contributed by atoms with Gasteiger partial charge in [-0.3, -0.25) is 0 Å². The molecule has 0 heterocycles. The second-order valence-corrected chi connectivity index (χ2v) is 4.64. The van der Waals surface area contributed by atoms with Gasteiger partial charge in [0.1, 0.15) is 0 Å². The van der Waals surface area contributed by atoms with Crippen molar-refractivity contribution in [3.8, 4) is 5.75 Å². The van der Waals surface area contributed by atoms with Crippen LogP contribution in [0.1, 0.15) is 12.5 Å². The summed E-state index contributed by atoms with van der Waals surface area (Å²) >= 11 is 0. The predicted octanol–water partition coefficient (Wildman–Crippen LogP) is 2.62. The highest BCUT2D eigenvalue weighted by atomic mass is 32.2. The lowest BCUT2D eigenvalue weighted by atomic mass is 10.2. The van der Waals surface area contributed by atoms with Gasteiger partial charge in [0.15, 0.2) is 11.6 Å². The quantitative estimate of drug-likeness (QED) is 0.482. The fourth-order valence-electron chi connectivity index (χ4n) is 0.997. The average molecular weight is 272 g/mol. The fourth-order valence-corrected chi connectivity index (χ4v) is 1.46. The molecule has 3 nitrogen and oxygen atoms in total.